The molecule has 0 atom stereocenters. The zero-order chi connectivity index (χ0) is 7.15. The van der Waals surface area contributed by atoms with E-state index in [4.69, 9.17) is 20.6 Å². The molecule has 0 aliphatic rings. The van der Waals surface area contributed by atoms with Crippen LogP contribution in [0.4, 0.5) is 0 Å². The van der Waals surface area contributed by atoms with Gasteiger partial charge in [0.05, 0.1) is 0 Å². The van der Waals surface area contributed by atoms with Crippen LogP contribution in [-0.4, -0.2) is 0 Å². The summed E-state index contributed by atoms with van der Waals surface area (Å²) in [7, 11) is 0. The van der Waals surface area contributed by atoms with E-state index in [2.05, 4.69) is 0 Å². The summed E-state index contributed by atoms with van der Waals surface area (Å²) in [5.74, 6) is 0. The molecule has 0 amide bonds. The predicted octanol–water partition coefficient (Wildman–Crippen LogP) is -13.1. The van der Waals surface area contributed by atoms with Crippen molar-refractivity contribution >= 4 is 0 Å². The van der Waals surface area contributed by atoms with Crippen LogP contribution in [0.5, 0.6) is 0 Å². The van der Waals surface area contributed by atoms with Gasteiger partial charge in [0.2, 0.25) is 0 Å². The second kappa shape index (κ2) is 12.6. The van der Waals surface area contributed by atoms with Gasteiger partial charge >= 0.3 is 21.1 Å². The van der Waals surface area contributed by atoms with Gasteiger partial charge in [0.15, 0.2) is 0 Å². The molecule has 0 heterocycles. The van der Waals surface area contributed by atoms with Crippen LogP contribution < -0.4 is 62.7 Å². The van der Waals surface area contributed by atoms with E-state index in [1.54, 1.807) is 0 Å². The van der Waals surface area contributed by atoms with Crippen molar-refractivity contribution in [2.24, 2.45) is 0 Å². The minimum Gasteiger partial charge on any atom is -0.427 e. The Labute approximate surface area is 82.9 Å². The Morgan fingerprint density at radius 1 is 0.556 bits per heavy atom. The molecule has 0 aromatic rings. The summed E-state index contributed by atoms with van der Waals surface area (Å²) in [6.45, 7) is 0. The Hall–Kier alpha value is 1.91. The Morgan fingerprint density at radius 3 is 0.556 bits per heavy atom. The van der Waals surface area contributed by atoms with E-state index in [9.17, 15) is 0 Å². The average Bonchev–Trinajstić information content (AvgIpc) is 1.25. The molecule has 0 aromatic carbocycles. The Bertz CT molecular complexity index is 26.5. The molecule has 0 aromatic heterocycles. The van der Waals surface area contributed by atoms with Gasteiger partial charge in [-0.2, -0.15) is 0 Å². The maximum Gasteiger partial charge on any atom is 2.00 e. The first-order chi connectivity index (χ1) is 3.46. The van der Waals surface area contributed by atoms with Crippen LogP contribution in [0.1, 0.15) is 0 Å². The SMILES string of the molecule is [O-][I+2]([O-])[O-].[O-][I+2]([O-])[O-].[Pt+2]. The van der Waals surface area contributed by atoms with Gasteiger partial charge in [0, 0.05) is 0 Å². The normalized spacial score (nSPS) is 8.00. The van der Waals surface area contributed by atoms with Gasteiger partial charge in [-0.3, -0.25) is 0 Å². The van der Waals surface area contributed by atoms with E-state index in [1.165, 1.54) is 0 Å². The smallest absolute Gasteiger partial charge is 0.427 e. The molecule has 0 saturated carbocycles. The third kappa shape index (κ3) is 170. The third-order valence-electron chi connectivity index (χ3n) is 0. The molecule has 0 fully saturated rings. The fourth-order valence-electron chi connectivity index (χ4n) is 0. The Morgan fingerprint density at radius 2 is 0.556 bits per heavy atom. The van der Waals surface area contributed by atoms with Gasteiger partial charge in [-0.05, 0) is 0 Å². The molecular weight excluding hydrogens is 545 g/mol. The van der Waals surface area contributed by atoms with Crippen LogP contribution in [0.25, 0.3) is 0 Å². The topological polar surface area (TPSA) is 138 Å². The largest absolute Gasteiger partial charge is 2.00 e. The van der Waals surface area contributed by atoms with Crippen molar-refractivity contribution in [1.82, 2.24) is 0 Å². The molecule has 0 aliphatic heterocycles. The van der Waals surface area contributed by atoms with Crippen molar-refractivity contribution in [2.75, 3.05) is 0 Å². The molecule has 0 aliphatic carbocycles. The molecule has 0 bridgehead atoms. The van der Waals surface area contributed by atoms with Crippen LogP contribution >= 0.6 is 0 Å². The Kier molecular flexibility index (Phi) is 23.9. The monoisotopic (exact) mass is 545 g/mol. The molecule has 0 spiro atoms. The molecule has 0 rings (SSSR count). The van der Waals surface area contributed by atoms with Crippen LogP contribution in [0, 0.1) is 0 Å². The minimum absolute atomic E-state index is 0. The minimum atomic E-state index is -4.01. The van der Waals surface area contributed by atoms with E-state index in [0.717, 1.165) is 0 Å². The van der Waals surface area contributed by atoms with Gasteiger partial charge in [-0.25, -0.2) is 0 Å². The summed E-state index contributed by atoms with van der Waals surface area (Å²) in [4.78, 5) is 0. The van der Waals surface area contributed by atoms with Crippen LogP contribution in [0.15, 0.2) is 0 Å². The maximum atomic E-state index is 8.57. The molecule has 0 radical (unpaired) electrons. The first kappa shape index (κ1) is 17.1. The van der Waals surface area contributed by atoms with Gasteiger partial charge in [-0.15, -0.1) is 0 Å². The predicted molar refractivity (Wildman–Crippen MR) is 0 cm³/mol. The summed E-state index contributed by atoms with van der Waals surface area (Å²) in [6, 6.07) is 0. The Balaban J connectivity index is -0.0000000720. The number of halogens is 2. The molecule has 60 valence electrons. The van der Waals surface area contributed by atoms with Gasteiger partial charge in [0.1, 0.15) is 0 Å². The number of hydrogen-bond acceptors (Lipinski definition) is 6. The average molecular weight is 545 g/mol. The third-order valence-corrected chi connectivity index (χ3v) is 0. The molecule has 6 nitrogen and oxygen atoms in total. The fraction of sp³-hybridized carbons (Fsp3) is 0. The molecule has 9 heteroatoms. The first-order valence-electron chi connectivity index (χ1n) is 0.926. The molecular formula is I2O6Pt. The van der Waals surface area contributed by atoms with Crippen LogP contribution in [-0.2, 0) is 21.1 Å². The number of hydrogen-bond donors (Lipinski definition) is 0. The van der Waals surface area contributed by atoms with Crippen molar-refractivity contribution in [3.05, 3.63) is 0 Å². The summed E-state index contributed by atoms with van der Waals surface area (Å²) in [5, 5.41) is 0. The second-order valence-electron chi connectivity index (χ2n) is 0.378. The van der Waals surface area contributed by atoms with Crippen LogP contribution in [0.3, 0.4) is 0 Å². The van der Waals surface area contributed by atoms with Gasteiger partial charge < -0.3 is 20.6 Å². The molecule has 0 saturated heterocycles. The van der Waals surface area contributed by atoms with E-state index in [1.807, 2.05) is 0 Å². The summed E-state index contributed by atoms with van der Waals surface area (Å²) >= 11 is -8.03. The zero-order valence-electron chi connectivity index (χ0n) is 3.52. The van der Waals surface area contributed by atoms with E-state index >= 15 is 0 Å². The van der Waals surface area contributed by atoms with E-state index in [-0.39, 0.29) is 21.1 Å². The van der Waals surface area contributed by atoms with Crippen LogP contribution in [0.2, 0.25) is 0 Å². The first-order valence-corrected chi connectivity index (χ1v) is 6.21. The van der Waals surface area contributed by atoms with Crippen molar-refractivity contribution in [3.63, 3.8) is 0 Å². The van der Waals surface area contributed by atoms with E-state index < -0.39 is 42.1 Å². The van der Waals surface area contributed by atoms with Crippen molar-refractivity contribution < 1.29 is 83.8 Å². The van der Waals surface area contributed by atoms with Crippen molar-refractivity contribution in [3.8, 4) is 0 Å². The summed E-state index contributed by atoms with van der Waals surface area (Å²) in [5.41, 5.74) is 0. The van der Waals surface area contributed by atoms with Gasteiger partial charge in [-0.1, -0.05) is 0 Å². The van der Waals surface area contributed by atoms with Crippen molar-refractivity contribution in [2.45, 2.75) is 0 Å². The molecule has 9 heavy (non-hydrogen) atoms. The molecule has 0 unspecified atom stereocenters. The fourth-order valence-corrected chi connectivity index (χ4v) is 0. The summed E-state index contributed by atoms with van der Waals surface area (Å²) < 4.78 is 51.4. The molecule has 0 N–H and O–H groups in total. The standard InChI is InChI=1S/2IO3.Pt/c2*2-1(3)4;/q2*-1;+2. The maximum absolute atomic E-state index is 8.57. The van der Waals surface area contributed by atoms with Crippen molar-refractivity contribution in [1.29, 1.82) is 0 Å². The quantitative estimate of drug-likeness (QED) is 0.278. The van der Waals surface area contributed by atoms with Gasteiger partial charge in [0.25, 0.3) is 42.1 Å². The van der Waals surface area contributed by atoms with E-state index in [0.29, 0.717) is 0 Å². The zero-order valence-corrected chi connectivity index (χ0v) is 10.1. The number of rotatable bonds is 0. The second-order valence-corrected chi connectivity index (χ2v) is 2.54. The summed E-state index contributed by atoms with van der Waals surface area (Å²) in [6.07, 6.45) is 0.